The highest BCUT2D eigenvalue weighted by Crippen LogP contribution is 2.18. The highest BCUT2D eigenvalue weighted by molar-refractivity contribution is 7.12. The van der Waals surface area contributed by atoms with Crippen molar-refractivity contribution in [1.82, 2.24) is 15.8 Å². The molecule has 1 unspecified atom stereocenters. The van der Waals surface area contributed by atoms with E-state index in [1.54, 1.807) is 12.1 Å². The van der Waals surface area contributed by atoms with E-state index in [-0.39, 0.29) is 31.0 Å². The Morgan fingerprint density at radius 1 is 1.38 bits per heavy atom. The van der Waals surface area contributed by atoms with Crippen molar-refractivity contribution in [2.24, 2.45) is 0 Å². The van der Waals surface area contributed by atoms with Crippen LogP contribution in [0.3, 0.4) is 0 Å². The Labute approximate surface area is 128 Å². The predicted octanol–water partition coefficient (Wildman–Crippen LogP) is 0.746. The number of amides is 2. The van der Waals surface area contributed by atoms with Crippen LogP contribution in [-0.4, -0.2) is 47.6 Å². The molecule has 2 amide bonds. The third-order valence-electron chi connectivity index (χ3n) is 3.62. The zero-order valence-electron chi connectivity index (χ0n) is 11.9. The van der Waals surface area contributed by atoms with Crippen molar-refractivity contribution in [3.8, 4) is 0 Å². The second kappa shape index (κ2) is 8.11. The van der Waals surface area contributed by atoms with Crippen molar-refractivity contribution < 1.29 is 14.7 Å². The standard InChI is InChI=1S/C14H21N3O3S/c18-8-6-11-4-1-2-7-17(11)10-13(19)15-16-14(20)12-5-3-9-21-12/h3,5,9,11,18H,1-2,4,6-8,10H2,(H,15,19)(H,16,20). The lowest BCUT2D eigenvalue weighted by molar-refractivity contribution is -0.124. The molecule has 2 heterocycles. The van der Waals surface area contributed by atoms with Gasteiger partial charge in [-0.25, -0.2) is 0 Å². The van der Waals surface area contributed by atoms with E-state index in [0.29, 0.717) is 11.3 Å². The molecule has 1 aliphatic heterocycles. The van der Waals surface area contributed by atoms with Gasteiger partial charge in [-0.2, -0.15) is 0 Å². The van der Waals surface area contributed by atoms with Gasteiger partial charge in [0.1, 0.15) is 0 Å². The van der Waals surface area contributed by atoms with Gasteiger partial charge in [0.25, 0.3) is 11.8 Å². The second-order valence-corrected chi connectivity index (χ2v) is 6.06. The Morgan fingerprint density at radius 2 is 2.24 bits per heavy atom. The molecule has 6 nitrogen and oxygen atoms in total. The van der Waals surface area contributed by atoms with E-state index in [2.05, 4.69) is 15.8 Å². The Bertz CT molecular complexity index is 462. The van der Waals surface area contributed by atoms with E-state index >= 15 is 0 Å². The van der Waals surface area contributed by atoms with Gasteiger partial charge in [-0.05, 0) is 37.3 Å². The summed E-state index contributed by atoms with van der Waals surface area (Å²) in [5, 5.41) is 10.9. The van der Waals surface area contributed by atoms with Crippen molar-refractivity contribution in [2.75, 3.05) is 19.7 Å². The SMILES string of the molecule is O=C(CN1CCCCC1CCO)NNC(=O)c1cccs1. The largest absolute Gasteiger partial charge is 0.396 e. The molecule has 0 aliphatic carbocycles. The number of likely N-dealkylation sites (tertiary alicyclic amines) is 1. The molecule has 7 heteroatoms. The number of rotatable bonds is 5. The minimum Gasteiger partial charge on any atom is -0.396 e. The molecule has 1 aliphatic rings. The number of nitrogens with one attached hydrogen (secondary N) is 2. The van der Waals surface area contributed by atoms with Crippen LogP contribution in [0.25, 0.3) is 0 Å². The van der Waals surface area contributed by atoms with E-state index < -0.39 is 0 Å². The van der Waals surface area contributed by atoms with Gasteiger partial charge in [-0.15, -0.1) is 11.3 Å². The number of carbonyl (C=O) groups excluding carboxylic acids is 2. The summed E-state index contributed by atoms with van der Waals surface area (Å²) >= 11 is 1.32. The van der Waals surface area contributed by atoms with Crippen molar-refractivity contribution in [3.63, 3.8) is 0 Å². The maximum absolute atomic E-state index is 11.9. The van der Waals surface area contributed by atoms with Gasteiger partial charge in [0.15, 0.2) is 0 Å². The first-order chi connectivity index (χ1) is 10.2. The maximum atomic E-state index is 11.9. The molecule has 0 bridgehead atoms. The number of hydrogen-bond acceptors (Lipinski definition) is 5. The average molecular weight is 311 g/mol. The number of aliphatic hydroxyl groups excluding tert-OH is 1. The zero-order chi connectivity index (χ0) is 15.1. The first-order valence-corrected chi connectivity index (χ1v) is 8.06. The Kier molecular flexibility index (Phi) is 6.16. The van der Waals surface area contributed by atoms with Gasteiger partial charge in [-0.3, -0.25) is 25.3 Å². The summed E-state index contributed by atoms with van der Waals surface area (Å²) in [6, 6.07) is 3.74. The maximum Gasteiger partial charge on any atom is 0.279 e. The van der Waals surface area contributed by atoms with E-state index in [0.717, 1.165) is 25.8 Å². The lowest BCUT2D eigenvalue weighted by atomic mass is 10.00. The second-order valence-electron chi connectivity index (χ2n) is 5.11. The first-order valence-electron chi connectivity index (χ1n) is 7.18. The quantitative estimate of drug-likeness (QED) is 0.701. The predicted molar refractivity (Wildman–Crippen MR) is 80.8 cm³/mol. The van der Waals surface area contributed by atoms with Crippen LogP contribution in [-0.2, 0) is 4.79 Å². The number of hydrogen-bond donors (Lipinski definition) is 3. The molecule has 0 spiro atoms. The molecule has 0 radical (unpaired) electrons. The summed E-state index contributed by atoms with van der Waals surface area (Å²) in [5.74, 6) is -0.534. The molecule has 1 aromatic heterocycles. The number of carbonyl (C=O) groups is 2. The third kappa shape index (κ3) is 4.80. The van der Waals surface area contributed by atoms with Crippen LogP contribution in [0.1, 0.15) is 35.4 Å². The molecule has 21 heavy (non-hydrogen) atoms. The van der Waals surface area contributed by atoms with Crippen molar-refractivity contribution in [2.45, 2.75) is 31.7 Å². The summed E-state index contributed by atoms with van der Waals surface area (Å²) in [6.07, 6.45) is 3.90. The summed E-state index contributed by atoms with van der Waals surface area (Å²) in [7, 11) is 0. The van der Waals surface area contributed by atoms with Crippen LogP contribution in [0.4, 0.5) is 0 Å². The highest BCUT2D eigenvalue weighted by Gasteiger charge is 2.23. The molecule has 0 aromatic carbocycles. The van der Waals surface area contributed by atoms with Gasteiger partial charge in [-0.1, -0.05) is 12.5 Å². The van der Waals surface area contributed by atoms with Crippen molar-refractivity contribution in [1.29, 1.82) is 0 Å². The Hall–Kier alpha value is -1.44. The van der Waals surface area contributed by atoms with Crippen molar-refractivity contribution >= 4 is 23.2 Å². The molecule has 116 valence electrons. The van der Waals surface area contributed by atoms with Crippen LogP contribution < -0.4 is 10.9 Å². The minimum atomic E-state index is -0.302. The number of thiophene rings is 1. The van der Waals surface area contributed by atoms with Crippen LogP contribution in [0, 0.1) is 0 Å². The van der Waals surface area contributed by atoms with Crippen LogP contribution in [0.2, 0.25) is 0 Å². The highest BCUT2D eigenvalue weighted by atomic mass is 32.1. The van der Waals surface area contributed by atoms with Gasteiger partial charge in [0.05, 0.1) is 11.4 Å². The molecule has 1 aromatic rings. The van der Waals surface area contributed by atoms with Gasteiger partial charge in [0.2, 0.25) is 0 Å². The lowest BCUT2D eigenvalue weighted by Crippen LogP contribution is -2.50. The molecule has 1 saturated heterocycles. The molecular formula is C14H21N3O3S. The van der Waals surface area contributed by atoms with Crippen LogP contribution in [0.15, 0.2) is 17.5 Å². The van der Waals surface area contributed by atoms with Crippen LogP contribution in [0.5, 0.6) is 0 Å². The molecule has 3 N–H and O–H groups in total. The smallest absolute Gasteiger partial charge is 0.279 e. The lowest BCUT2D eigenvalue weighted by Gasteiger charge is -2.34. The molecule has 1 atom stereocenters. The van der Waals surface area contributed by atoms with E-state index in [1.165, 1.54) is 11.3 Å². The van der Waals surface area contributed by atoms with Crippen molar-refractivity contribution in [3.05, 3.63) is 22.4 Å². The zero-order valence-corrected chi connectivity index (χ0v) is 12.7. The first kappa shape index (κ1) is 15.9. The number of aliphatic hydroxyl groups is 1. The van der Waals surface area contributed by atoms with Gasteiger partial charge < -0.3 is 5.11 Å². The van der Waals surface area contributed by atoms with Gasteiger partial charge in [0, 0.05) is 12.6 Å². The Morgan fingerprint density at radius 3 is 2.95 bits per heavy atom. The summed E-state index contributed by atoms with van der Waals surface area (Å²) in [5.41, 5.74) is 4.86. The topological polar surface area (TPSA) is 81.7 Å². The fraction of sp³-hybridized carbons (Fsp3) is 0.571. The van der Waals surface area contributed by atoms with Crippen LogP contribution >= 0.6 is 11.3 Å². The molecule has 1 fully saturated rings. The number of nitrogens with zero attached hydrogens (tertiary/aromatic N) is 1. The normalized spacial score (nSPS) is 19.2. The fourth-order valence-electron chi connectivity index (χ4n) is 2.56. The number of hydrazine groups is 1. The van der Waals surface area contributed by atoms with E-state index in [9.17, 15) is 9.59 Å². The van der Waals surface area contributed by atoms with E-state index in [4.69, 9.17) is 5.11 Å². The molecule has 0 saturated carbocycles. The fourth-order valence-corrected chi connectivity index (χ4v) is 3.18. The third-order valence-corrected chi connectivity index (χ3v) is 4.49. The average Bonchev–Trinajstić information content (AvgIpc) is 3.01. The molecular weight excluding hydrogens is 290 g/mol. The van der Waals surface area contributed by atoms with E-state index in [1.807, 2.05) is 5.38 Å². The molecule has 2 rings (SSSR count). The summed E-state index contributed by atoms with van der Waals surface area (Å²) in [6.45, 7) is 1.24. The summed E-state index contributed by atoms with van der Waals surface area (Å²) < 4.78 is 0. The Balaban J connectivity index is 1.76. The minimum absolute atomic E-state index is 0.137. The summed E-state index contributed by atoms with van der Waals surface area (Å²) in [4.78, 5) is 26.3. The van der Waals surface area contributed by atoms with Gasteiger partial charge >= 0.3 is 0 Å². The number of piperidine rings is 1. The monoisotopic (exact) mass is 311 g/mol.